The summed E-state index contributed by atoms with van der Waals surface area (Å²) in [6.07, 6.45) is 6.28. The van der Waals surface area contributed by atoms with Crippen molar-refractivity contribution >= 4 is 5.97 Å². The highest BCUT2D eigenvalue weighted by Gasteiger charge is 2.48. The molecule has 1 N–H and O–H groups in total. The lowest BCUT2D eigenvalue weighted by molar-refractivity contribution is -0.209. The molecule has 0 saturated heterocycles. The van der Waals surface area contributed by atoms with Gasteiger partial charge in [0.25, 0.3) is 0 Å². The molecule has 1 unspecified atom stereocenters. The molecule has 6 heteroatoms. The predicted octanol–water partition coefficient (Wildman–Crippen LogP) is 4.34. The summed E-state index contributed by atoms with van der Waals surface area (Å²) in [5.41, 5.74) is -1.23. The zero-order chi connectivity index (χ0) is 20.9. The van der Waals surface area contributed by atoms with Crippen LogP contribution in [0.15, 0.2) is 30.0 Å². The number of esters is 1. The number of hydrogen-bond acceptors (Lipinski definition) is 5. The van der Waals surface area contributed by atoms with Crippen molar-refractivity contribution in [2.45, 2.75) is 75.6 Å². The predicted molar refractivity (Wildman–Crippen MR) is 103 cm³/mol. The Morgan fingerprint density at radius 2 is 1.97 bits per heavy atom. The number of aliphatic hydroxyl groups is 1. The molecule has 1 atom stereocenters. The molecular weight excluding hydrogens is 373 g/mol. The zero-order valence-electron chi connectivity index (χ0n) is 16.8. The SMILES string of the molecule is CC1(C)OC(=O)C=C(CC(O)(c2ccc(C3(C#N)CC3)c(F)c2)C2CCCC2)O1. The number of ether oxygens (including phenoxy) is 2. The van der Waals surface area contributed by atoms with Crippen molar-refractivity contribution in [1.82, 2.24) is 0 Å². The molecule has 29 heavy (non-hydrogen) atoms. The molecule has 0 bridgehead atoms. The summed E-state index contributed by atoms with van der Waals surface area (Å²) in [6, 6.07) is 6.94. The fraction of sp³-hybridized carbons (Fsp3) is 0.565. The van der Waals surface area contributed by atoms with Crippen LogP contribution in [-0.2, 0) is 25.3 Å². The van der Waals surface area contributed by atoms with Crippen molar-refractivity contribution in [2.75, 3.05) is 0 Å². The first-order chi connectivity index (χ1) is 13.7. The first-order valence-electron chi connectivity index (χ1n) is 10.2. The van der Waals surface area contributed by atoms with Gasteiger partial charge in [-0.25, -0.2) is 9.18 Å². The van der Waals surface area contributed by atoms with E-state index >= 15 is 0 Å². The van der Waals surface area contributed by atoms with Crippen molar-refractivity contribution in [1.29, 1.82) is 5.26 Å². The zero-order valence-corrected chi connectivity index (χ0v) is 16.8. The molecule has 0 aromatic heterocycles. The summed E-state index contributed by atoms with van der Waals surface area (Å²) in [7, 11) is 0. The number of cyclic esters (lactones) is 1. The lowest BCUT2D eigenvalue weighted by Gasteiger charge is -2.38. The van der Waals surface area contributed by atoms with Crippen molar-refractivity contribution in [3.8, 4) is 6.07 Å². The van der Waals surface area contributed by atoms with Crippen molar-refractivity contribution in [3.63, 3.8) is 0 Å². The summed E-state index contributed by atoms with van der Waals surface area (Å²) in [5, 5.41) is 21.2. The topological polar surface area (TPSA) is 79.5 Å². The van der Waals surface area contributed by atoms with Gasteiger partial charge in [0.15, 0.2) is 0 Å². The first kappa shape index (κ1) is 19.9. The molecule has 0 amide bonds. The quantitative estimate of drug-likeness (QED) is 0.745. The molecule has 0 spiro atoms. The number of hydrogen-bond donors (Lipinski definition) is 1. The van der Waals surface area contributed by atoms with E-state index in [0.717, 1.165) is 25.7 Å². The fourth-order valence-electron chi connectivity index (χ4n) is 4.75. The van der Waals surface area contributed by atoms with Gasteiger partial charge in [-0.05, 0) is 43.2 Å². The number of rotatable bonds is 5. The van der Waals surface area contributed by atoms with Crippen molar-refractivity contribution < 1.29 is 23.8 Å². The molecule has 4 rings (SSSR count). The highest BCUT2D eigenvalue weighted by molar-refractivity contribution is 5.83. The van der Waals surface area contributed by atoms with Gasteiger partial charge in [-0.15, -0.1) is 0 Å². The molecule has 1 aromatic carbocycles. The van der Waals surface area contributed by atoms with Gasteiger partial charge in [-0.3, -0.25) is 0 Å². The number of carbonyl (C=O) groups excluding carboxylic acids is 1. The van der Waals surface area contributed by atoms with E-state index in [9.17, 15) is 19.6 Å². The van der Waals surface area contributed by atoms with Crippen LogP contribution >= 0.6 is 0 Å². The van der Waals surface area contributed by atoms with Crippen molar-refractivity contribution in [3.05, 3.63) is 47.0 Å². The van der Waals surface area contributed by atoms with Crippen LogP contribution < -0.4 is 0 Å². The van der Waals surface area contributed by atoms with Crippen LogP contribution in [0.1, 0.15) is 69.9 Å². The molecule has 0 radical (unpaired) electrons. The van der Waals surface area contributed by atoms with Gasteiger partial charge >= 0.3 is 5.97 Å². The van der Waals surface area contributed by atoms with E-state index in [-0.39, 0.29) is 12.3 Å². The summed E-state index contributed by atoms with van der Waals surface area (Å²) in [6.45, 7) is 3.27. The largest absolute Gasteiger partial charge is 0.457 e. The summed E-state index contributed by atoms with van der Waals surface area (Å²) in [5.74, 6) is -1.82. The maximum atomic E-state index is 15.0. The van der Waals surface area contributed by atoms with Crippen LogP contribution in [0.3, 0.4) is 0 Å². The molecule has 5 nitrogen and oxygen atoms in total. The second-order valence-electron chi connectivity index (χ2n) is 9.00. The number of carbonyl (C=O) groups is 1. The van der Waals surface area contributed by atoms with Crippen LogP contribution in [0, 0.1) is 23.1 Å². The molecule has 1 aromatic rings. The van der Waals surface area contributed by atoms with Crippen LogP contribution in [0.4, 0.5) is 4.39 Å². The average molecular weight is 399 g/mol. The Bertz CT molecular complexity index is 906. The Hall–Kier alpha value is -2.39. The molecular formula is C23H26FNO4. The van der Waals surface area contributed by atoms with Gasteiger partial charge in [-0.1, -0.05) is 25.0 Å². The number of nitrogens with zero attached hydrogens (tertiary/aromatic N) is 1. The Balaban J connectivity index is 1.70. The highest BCUT2D eigenvalue weighted by Crippen LogP contribution is 2.50. The minimum Gasteiger partial charge on any atom is -0.457 e. The van der Waals surface area contributed by atoms with Gasteiger partial charge < -0.3 is 14.6 Å². The van der Waals surface area contributed by atoms with Crippen LogP contribution in [0.5, 0.6) is 0 Å². The Morgan fingerprint density at radius 3 is 2.52 bits per heavy atom. The standard InChI is InChI=1S/C23H26FNO4/c1-21(2)28-17(12-20(26)29-21)13-23(27,15-5-3-4-6-15)16-7-8-18(19(24)11-16)22(14-25)9-10-22/h7-8,11-12,15,27H,3-6,9-10,13H2,1-2H3. The third kappa shape index (κ3) is 3.64. The van der Waals surface area contributed by atoms with Crippen molar-refractivity contribution in [2.24, 2.45) is 5.92 Å². The van der Waals surface area contributed by atoms with E-state index in [1.807, 2.05) is 0 Å². The van der Waals surface area contributed by atoms with E-state index in [2.05, 4.69) is 6.07 Å². The van der Waals surface area contributed by atoms with Gasteiger partial charge in [-0.2, -0.15) is 5.26 Å². The lowest BCUT2D eigenvalue weighted by atomic mass is 9.76. The summed E-state index contributed by atoms with van der Waals surface area (Å²) >= 11 is 0. The number of benzene rings is 1. The third-order valence-electron chi connectivity index (χ3n) is 6.42. The molecule has 3 aliphatic rings. The second kappa shape index (κ2) is 6.84. The monoisotopic (exact) mass is 399 g/mol. The first-order valence-corrected chi connectivity index (χ1v) is 10.2. The molecule has 154 valence electrons. The van der Waals surface area contributed by atoms with Crippen LogP contribution in [-0.4, -0.2) is 16.9 Å². The smallest absolute Gasteiger partial charge is 0.337 e. The fourth-order valence-corrected chi connectivity index (χ4v) is 4.75. The van der Waals surface area contributed by atoms with Gasteiger partial charge in [0.05, 0.1) is 23.2 Å². The minimum absolute atomic E-state index is 0.0656. The normalized spacial score (nSPS) is 24.7. The van der Waals surface area contributed by atoms with E-state index in [1.54, 1.807) is 26.0 Å². The van der Waals surface area contributed by atoms with Crippen LogP contribution in [0.25, 0.3) is 0 Å². The van der Waals surface area contributed by atoms with E-state index in [0.29, 0.717) is 29.7 Å². The minimum atomic E-state index is -1.36. The average Bonchev–Trinajstić information content (AvgIpc) is 3.22. The van der Waals surface area contributed by atoms with Gasteiger partial charge in [0.1, 0.15) is 11.6 Å². The summed E-state index contributed by atoms with van der Waals surface area (Å²) < 4.78 is 25.9. The highest BCUT2D eigenvalue weighted by atomic mass is 19.1. The maximum absolute atomic E-state index is 15.0. The third-order valence-corrected chi connectivity index (χ3v) is 6.42. The molecule has 2 aliphatic carbocycles. The molecule has 2 saturated carbocycles. The van der Waals surface area contributed by atoms with Crippen LogP contribution in [0.2, 0.25) is 0 Å². The van der Waals surface area contributed by atoms with E-state index in [1.165, 1.54) is 12.1 Å². The van der Waals surface area contributed by atoms with E-state index < -0.39 is 28.6 Å². The summed E-state index contributed by atoms with van der Waals surface area (Å²) in [4.78, 5) is 11.9. The maximum Gasteiger partial charge on any atom is 0.337 e. The Kier molecular flexibility index (Phi) is 4.70. The second-order valence-corrected chi connectivity index (χ2v) is 9.00. The number of halogens is 1. The molecule has 1 aliphatic heterocycles. The number of nitriles is 1. The Labute approximate surface area is 170 Å². The van der Waals surface area contributed by atoms with E-state index in [4.69, 9.17) is 9.47 Å². The van der Waals surface area contributed by atoms with Gasteiger partial charge in [0.2, 0.25) is 5.79 Å². The van der Waals surface area contributed by atoms with Gasteiger partial charge in [0, 0.05) is 25.8 Å². The lowest BCUT2D eigenvalue weighted by Crippen LogP contribution is -2.39. The molecule has 1 heterocycles. The molecule has 2 fully saturated rings. The Morgan fingerprint density at radius 1 is 1.28 bits per heavy atom.